The molecule has 0 saturated carbocycles. The Morgan fingerprint density at radius 1 is 0.923 bits per heavy atom. The van der Waals surface area contributed by atoms with Gasteiger partial charge < -0.3 is 14.6 Å². The molecule has 0 amide bonds. The van der Waals surface area contributed by atoms with E-state index in [2.05, 4.69) is 59.0 Å². The van der Waals surface area contributed by atoms with Crippen LogP contribution in [0.5, 0.6) is 0 Å². The molecule has 1 unspecified atom stereocenters. The Labute approximate surface area is 163 Å². The van der Waals surface area contributed by atoms with E-state index in [0.29, 0.717) is 18.9 Å². The summed E-state index contributed by atoms with van der Waals surface area (Å²) in [5.41, 5.74) is -1.01. The van der Waals surface area contributed by atoms with Gasteiger partial charge in [0.15, 0.2) is 8.32 Å². The molecule has 0 aromatic rings. The number of rotatable bonds is 11. The number of aliphatic hydroxyl groups excluding tert-OH is 1. The summed E-state index contributed by atoms with van der Waals surface area (Å²) < 4.78 is 6.09. The molecule has 2 N–H and O–H groups in total. The van der Waals surface area contributed by atoms with Crippen molar-refractivity contribution < 1.29 is 14.6 Å². The third-order valence-electron chi connectivity index (χ3n) is 5.24. The van der Waals surface area contributed by atoms with E-state index < -0.39 is 20.0 Å². The van der Waals surface area contributed by atoms with Crippen LogP contribution in [-0.4, -0.2) is 36.8 Å². The fraction of sp³-hybridized carbons (Fsp3) is 0.727. The second-order valence-corrected chi connectivity index (χ2v) is 14.2. The maximum absolute atomic E-state index is 9.85. The summed E-state index contributed by atoms with van der Waals surface area (Å²) in [7, 11) is -1.65. The molecule has 3 nitrogen and oxygen atoms in total. The maximum Gasteiger partial charge on any atom is 0.192 e. The quantitative estimate of drug-likeness (QED) is 0.360. The molecule has 0 fully saturated rings. The minimum Gasteiger partial charge on any atom is -0.413 e. The normalized spacial score (nSPS) is 16.8. The summed E-state index contributed by atoms with van der Waals surface area (Å²) >= 11 is 0. The predicted molar refractivity (Wildman–Crippen MR) is 116 cm³/mol. The van der Waals surface area contributed by atoms with Gasteiger partial charge in [-0.1, -0.05) is 64.2 Å². The van der Waals surface area contributed by atoms with Crippen LogP contribution in [0.2, 0.25) is 18.1 Å². The molecule has 0 aliphatic carbocycles. The van der Waals surface area contributed by atoms with Crippen LogP contribution >= 0.6 is 0 Å². The fourth-order valence-corrected chi connectivity index (χ4v) is 2.98. The molecule has 0 aromatic carbocycles. The third kappa shape index (κ3) is 11.1. The predicted octanol–water partition coefficient (Wildman–Crippen LogP) is 5.62. The van der Waals surface area contributed by atoms with Gasteiger partial charge in [-0.3, -0.25) is 0 Å². The molecule has 0 bridgehead atoms. The Morgan fingerprint density at radius 2 is 1.46 bits per heavy atom. The molecular formula is C22H42O3Si. The van der Waals surface area contributed by atoms with Crippen molar-refractivity contribution in [2.45, 2.75) is 90.6 Å². The summed E-state index contributed by atoms with van der Waals surface area (Å²) in [4.78, 5) is 0. The fourth-order valence-electron chi connectivity index (χ4n) is 2.04. The van der Waals surface area contributed by atoms with Crippen molar-refractivity contribution in [1.82, 2.24) is 0 Å². The molecule has 2 atom stereocenters. The lowest BCUT2D eigenvalue weighted by Crippen LogP contribution is -2.40. The monoisotopic (exact) mass is 382 g/mol. The average Bonchev–Trinajstić information content (AvgIpc) is 2.48. The highest BCUT2D eigenvalue weighted by molar-refractivity contribution is 6.74. The number of allylic oxidation sites excluding steroid dienone is 5. The van der Waals surface area contributed by atoms with Crippen molar-refractivity contribution >= 4 is 8.32 Å². The maximum atomic E-state index is 9.85. The van der Waals surface area contributed by atoms with Crippen LogP contribution in [-0.2, 0) is 4.43 Å². The van der Waals surface area contributed by atoms with Gasteiger partial charge in [0.05, 0.1) is 18.3 Å². The van der Waals surface area contributed by atoms with E-state index in [-0.39, 0.29) is 5.04 Å². The van der Waals surface area contributed by atoms with Crippen molar-refractivity contribution in [1.29, 1.82) is 0 Å². The van der Waals surface area contributed by atoms with E-state index in [9.17, 15) is 10.2 Å². The number of hydrogen-bond donors (Lipinski definition) is 2. The molecule has 0 aromatic heterocycles. The summed E-state index contributed by atoms with van der Waals surface area (Å²) in [5.74, 6) is 0.491. The molecule has 0 radical (unpaired) electrons. The van der Waals surface area contributed by atoms with E-state index >= 15 is 0 Å². The van der Waals surface area contributed by atoms with Crippen molar-refractivity contribution in [3.63, 3.8) is 0 Å². The van der Waals surface area contributed by atoms with Gasteiger partial charge in [0.25, 0.3) is 0 Å². The molecule has 0 aliphatic heterocycles. The second-order valence-electron chi connectivity index (χ2n) is 9.40. The average molecular weight is 383 g/mol. The van der Waals surface area contributed by atoms with Crippen molar-refractivity contribution in [3.05, 3.63) is 36.5 Å². The van der Waals surface area contributed by atoms with Gasteiger partial charge >= 0.3 is 0 Å². The lowest BCUT2D eigenvalue weighted by Gasteiger charge is -2.35. The van der Waals surface area contributed by atoms with Crippen LogP contribution in [0.4, 0.5) is 0 Å². The first-order valence-electron chi connectivity index (χ1n) is 9.80. The smallest absolute Gasteiger partial charge is 0.192 e. The largest absolute Gasteiger partial charge is 0.413 e. The molecule has 152 valence electrons. The molecule has 0 aliphatic rings. The first kappa shape index (κ1) is 25.3. The molecule has 0 heterocycles. The Balaban J connectivity index is 4.01. The molecule has 0 rings (SSSR count). The third-order valence-corrected chi connectivity index (χ3v) is 9.74. The van der Waals surface area contributed by atoms with Crippen LogP contribution in [0.3, 0.4) is 0 Å². The molecule has 0 saturated heterocycles. The summed E-state index contributed by atoms with van der Waals surface area (Å²) in [6.07, 6.45) is 14.2. The molecular weight excluding hydrogens is 340 g/mol. The summed E-state index contributed by atoms with van der Waals surface area (Å²) in [6, 6.07) is 0. The minimum atomic E-state index is -1.65. The first-order chi connectivity index (χ1) is 11.8. The number of hydrogen-bond acceptors (Lipinski definition) is 3. The minimum absolute atomic E-state index is 0.249. The van der Waals surface area contributed by atoms with Crippen LogP contribution < -0.4 is 0 Å². The summed E-state index contributed by atoms with van der Waals surface area (Å²) in [5, 5.41) is 19.8. The lowest BCUT2D eigenvalue weighted by atomic mass is 9.92. The zero-order valence-electron chi connectivity index (χ0n) is 18.2. The van der Waals surface area contributed by atoms with Crippen molar-refractivity contribution in [2.75, 3.05) is 6.61 Å². The highest BCUT2D eigenvalue weighted by Crippen LogP contribution is 2.36. The van der Waals surface area contributed by atoms with Gasteiger partial charge in [-0.25, -0.2) is 0 Å². The van der Waals surface area contributed by atoms with Crippen LogP contribution in [0.15, 0.2) is 36.5 Å². The topological polar surface area (TPSA) is 49.7 Å². The van der Waals surface area contributed by atoms with E-state index in [4.69, 9.17) is 4.43 Å². The van der Waals surface area contributed by atoms with Gasteiger partial charge in [0.2, 0.25) is 0 Å². The first-order valence-corrected chi connectivity index (χ1v) is 12.7. The van der Waals surface area contributed by atoms with Crippen LogP contribution in [0.25, 0.3) is 0 Å². The highest BCUT2D eigenvalue weighted by Gasteiger charge is 2.36. The van der Waals surface area contributed by atoms with E-state index in [1.807, 2.05) is 18.2 Å². The Bertz CT molecular complexity index is 465. The Hall–Kier alpha value is -0.683. The summed E-state index contributed by atoms with van der Waals surface area (Å²) in [6.45, 7) is 17.4. The van der Waals surface area contributed by atoms with Crippen LogP contribution in [0.1, 0.15) is 60.8 Å². The molecule has 0 spiro atoms. The van der Waals surface area contributed by atoms with E-state index in [1.54, 1.807) is 13.8 Å². The number of aliphatic hydroxyl groups is 2. The lowest BCUT2D eigenvalue weighted by molar-refractivity contribution is -0.0533. The van der Waals surface area contributed by atoms with Crippen molar-refractivity contribution in [3.8, 4) is 0 Å². The SMILES string of the molecule is C[C@@H](C/C=C/C=C\C=C\CO[Si](C)(C)C(C)(C)C)CCC(O)C(C)(C)O. The molecule has 26 heavy (non-hydrogen) atoms. The Kier molecular flexibility index (Phi) is 10.9. The van der Waals surface area contributed by atoms with Gasteiger partial charge in [-0.15, -0.1) is 0 Å². The van der Waals surface area contributed by atoms with Gasteiger partial charge in [-0.2, -0.15) is 0 Å². The highest BCUT2D eigenvalue weighted by atomic mass is 28.4. The zero-order chi connectivity index (χ0) is 20.4. The standard InChI is InChI=1S/C22H42O3Si/c1-19(16-17-20(23)22(5,6)24)15-13-11-9-10-12-14-18-25-26(7,8)21(2,3)4/h9-14,19-20,23-24H,15-18H2,1-8H3/b10-9-,13-11+,14-12+/t19-,20?/m0/s1. The second kappa shape index (κ2) is 11.2. The zero-order valence-corrected chi connectivity index (χ0v) is 19.2. The van der Waals surface area contributed by atoms with Gasteiger partial charge in [0.1, 0.15) is 0 Å². The molecule has 4 heteroatoms. The van der Waals surface area contributed by atoms with Crippen molar-refractivity contribution in [2.24, 2.45) is 5.92 Å². The van der Waals surface area contributed by atoms with E-state index in [0.717, 1.165) is 12.8 Å². The van der Waals surface area contributed by atoms with Gasteiger partial charge in [-0.05, 0) is 57.2 Å². The van der Waals surface area contributed by atoms with Crippen LogP contribution in [0, 0.1) is 5.92 Å². The Morgan fingerprint density at radius 3 is 1.96 bits per heavy atom. The van der Waals surface area contributed by atoms with Gasteiger partial charge in [0, 0.05) is 0 Å². The van der Waals surface area contributed by atoms with E-state index in [1.165, 1.54) is 0 Å².